The lowest BCUT2D eigenvalue weighted by Gasteiger charge is -1.94. The van der Waals surface area contributed by atoms with E-state index in [0.717, 1.165) is 11.3 Å². The van der Waals surface area contributed by atoms with Gasteiger partial charge in [-0.2, -0.15) is 0 Å². The molecule has 0 aliphatic carbocycles. The maximum Gasteiger partial charge on any atom is 0.0264 e. The first-order valence-electron chi connectivity index (χ1n) is 5.28. The van der Waals surface area contributed by atoms with E-state index in [-0.39, 0.29) is 0 Å². The minimum Gasteiger partial charge on any atom is -0.389 e. The van der Waals surface area contributed by atoms with Crippen molar-refractivity contribution in [3.05, 3.63) is 36.6 Å². The molecule has 84 valence electrons. The molecule has 0 aromatic carbocycles. The largest absolute Gasteiger partial charge is 0.389 e. The van der Waals surface area contributed by atoms with Crippen LogP contribution in [0, 0.1) is 0 Å². The molecule has 0 aliphatic rings. The van der Waals surface area contributed by atoms with E-state index in [0.29, 0.717) is 0 Å². The number of likely N-dealkylation sites (N-methyl/N-ethyl adjacent to an activating group) is 1. The molecular formula is C13H27N. The molecule has 0 radical (unpaired) electrons. The zero-order valence-electron chi connectivity index (χ0n) is 10.8. The summed E-state index contributed by atoms with van der Waals surface area (Å²) in [6.45, 7) is 17.6. The molecule has 0 aromatic heterocycles. The maximum atomic E-state index is 3.71. The van der Waals surface area contributed by atoms with Crippen LogP contribution in [0.2, 0.25) is 0 Å². The Kier molecular flexibility index (Phi) is 24.0. The van der Waals surface area contributed by atoms with Gasteiger partial charge in [0.05, 0.1) is 0 Å². The highest BCUT2D eigenvalue weighted by Gasteiger charge is 1.77. The molecule has 0 heterocycles. The van der Waals surface area contributed by atoms with Gasteiger partial charge in [0.1, 0.15) is 0 Å². The first-order chi connectivity index (χ1) is 6.58. The van der Waals surface area contributed by atoms with Gasteiger partial charge >= 0.3 is 0 Å². The van der Waals surface area contributed by atoms with E-state index in [9.17, 15) is 0 Å². The normalized spacial score (nSPS) is 7.86. The molecule has 0 atom stereocenters. The molecule has 0 rings (SSSR count). The van der Waals surface area contributed by atoms with Crippen LogP contribution >= 0.6 is 0 Å². The summed E-state index contributed by atoms with van der Waals surface area (Å²) in [5.74, 6) is 0. The third kappa shape index (κ3) is 30.5. The summed E-state index contributed by atoms with van der Waals surface area (Å²) in [7, 11) is 1.84. The average Bonchev–Trinajstić information content (AvgIpc) is 2.18. The summed E-state index contributed by atoms with van der Waals surface area (Å²) in [5, 5.41) is 2.90. The van der Waals surface area contributed by atoms with E-state index in [4.69, 9.17) is 0 Å². The van der Waals surface area contributed by atoms with Crippen LogP contribution in [-0.2, 0) is 0 Å². The van der Waals surface area contributed by atoms with Crippen LogP contribution in [0.25, 0.3) is 0 Å². The van der Waals surface area contributed by atoms with E-state index >= 15 is 0 Å². The van der Waals surface area contributed by atoms with Gasteiger partial charge in [0, 0.05) is 12.7 Å². The first kappa shape index (κ1) is 18.7. The van der Waals surface area contributed by atoms with E-state index in [2.05, 4.69) is 32.3 Å². The van der Waals surface area contributed by atoms with Crippen molar-refractivity contribution in [3.8, 4) is 0 Å². The second-order valence-electron chi connectivity index (χ2n) is 2.66. The maximum absolute atomic E-state index is 3.71. The van der Waals surface area contributed by atoms with Gasteiger partial charge in [0.2, 0.25) is 0 Å². The van der Waals surface area contributed by atoms with Gasteiger partial charge < -0.3 is 5.32 Å². The fraction of sp³-hybridized carbons (Fsp3) is 0.538. The fourth-order valence-corrected chi connectivity index (χ4v) is 0.326. The summed E-state index contributed by atoms with van der Waals surface area (Å²) in [4.78, 5) is 0. The minimum atomic E-state index is 0.901. The molecule has 0 aromatic rings. The Morgan fingerprint density at radius 1 is 1.14 bits per heavy atom. The highest BCUT2D eigenvalue weighted by molar-refractivity contribution is 5.21. The SMILES string of the molecule is C=C(C)/C=C\C(=C)NC.CC.CCC. The van der Waals surface area contributed by atoms with Crippen LogP contribution in [0.15, 0.2) is 36.6 Å². The van der Waals surface area contributed by atoms with Crippen molar-refractivity contribution in [1.82, 2.24) is 5.32 Å². The standard InChI is InChI=1S/C8H13N.C3H8.C2H6/c1-7(2)5-6-8(3)9-4;1-3-2;1-2/h5-6,9H,1,3H2,2,4H3;3H2,1-2H3;1-2H3/b6-5-;;. The van der Waals surface area contributed by atoms with Crippen LogP contribution < -0.4 is 5.32 Å². The Balaban J connectivity index is -0.000000205. The molecular weight excluding hydrogens is 170 g/mol. The van der Waals surface area contributed by atoms with Crippen LogP contribution in [0.5, 0.6) is 0 Å². The van der Waals surface area contributed by atoms with Crippen molar-refractivity contribution in [2.24, 2.45) is 0 Å². The predicted molar refractivity (Wildman–Crippen MR) is 69.5 cm³/mol. The van der Waals surface area contributed by atoms with Crippen LogP contribution in [-0.4, -0.2) is 7.05 Å². The highest BCUT2D eigenvalue weighted by atomic mass is 14.8. The van der Waals surface area contributed by atoms with E-state index in [1.165, 1.54) is 6.42 Å². The molecule has 0 fully saturated rings. The van der Waals surface area contributed by atoms with Crippen molar-refractivity contribution in [2.45, 2.75) is 41.0 Å². The van der Waals surface area contributed by atoms with E-state index < -0.39 is 0 Å². The molecule has 0 saturated carbocycles. The van der Waals surface area contributed by atoms with Gasteiger partial charge in [-0.15, -0.1) is 0 Å². The number of nitrogens with one attached hydrogen (secondary N) is 1. The Hall–Kier alpha value is -0.980. The lowest BCUT2D eigenvalue weighted by molar-refractivity contribution is 1.04. The van der Waals surface area contributed by atoms with E-state index in [1.54, 1.807) is 0 Å². The van der Waals surface area contributed by atoms with Crippen molar-refractivity contribution in [2.75, 3.05) is 7.05 Å². The summed E-state index contributed by atoms with van der Waals surface area (Å²) in [5.41, 5.74) is 1.93. The first-order valence-corrected chi connectivity index (χ1v) is 5.28. The van der Waals surface area contributed by atoms with Crippen molar-refractivity contribution in [1.29, 1.82) is 0 Å². The number of hydrogen-bond acceptors (Lipinski definition) is 1. The van der Waals surface area contributed by atoms with Gasteiger partial charge in [0.15, 0.2) is 0 Å². The Bertz CT molecular complexity index is 155. The van der Waals surface area contributed by atoms with Crippen molar-refractivity contribution < 1.29 is 0 Å². The molecule has 1 heteroatoms. The molecule has 0 aliphatic heterocycles. The van der Waals surface area contributed by atoms with Gasteiger partial charge in [0.25, 0.3) is 0 Å². The second-order valence-corrected chi connectivity index (χ2v) is 2.66. The molecule has 0 saturated heterocycles. The predicted octanol–water partition coefficient (Wildman–Crippen LogP) is 4.29. The molecule has 0 unspecified atom stereocenters. The van der Waals surface area contributed by atoms with Gasteiger partial charge in [-0.25, -0.2) is 0 Å². The topological polar surface area (TPSA) is 12.0 Å². The second kappa shape index (κ2) is 17.9. The molecule has 1 nitrogen and oxygen atoms in total. The zero-order chi connectivity index (χ0) is 12.0. The lowest BCUT2D eigenvalue weighted by Crippen LogP contribution is -2.00. The van der Waals surface area contributed by atoms with E-state index in [1.807, 2.05) is 40.0 Å². The third-order valence-electron chi connectivity index (χ3n) is 0.890. The third-order valence-corrected chi connectivity index (χ3v) is 0.890. The number of hydrogen-bond donors (Lipinski definition) is 1. The Labute approximate surface area is 90.6 Å². The van der Waals surface area contributed by atoms with Crippen LogP contribution in [0.3, 0.4) is 0 Å². The van der Waals surface area contributed by atoms with Crippen molar-refractivity contribution in [3.63, 3.8) is 0 Å². The monoisotopic (exact) mass is 197 g/mol. The summed E-state index contributed by atoms with van der Waals surface area (Å²) in [6, 6.07) is 0. The Morgan fingerprint density at radius 2 is 1.50 bits per heavy atom. The highest BCUT2D eigenvalue weighted by Crippen LogP contribution is 1.92. The smallest absolute Gasteiger partial charge is 0.0264 e. The molecule has 0 amide bonds. The average molecular weight is 197 g/mol. The van der Waals surface area contributed by atoms with Gasteiger partial charge in [-0.3, -0.25) is 0 Å². The Morgan fingerprint density at radius 3 is 1.71 bits per heavy atom. The fourth-order valence-electron chi connectivity index (χ4n) is 0.326. The minimum absolute atomic E-state index is 0.901. The lowest BCUT2D eigenvalue weighted by atomic mass is 10.3. The molecule has 1 N–H and O–H groups in total. The van der Waals surface area contributed by atoms with Crippen LogP contribution in [0.1, 0.15) is 41.0 Å². The molecule has 0 spiro atoms. The summed E-state index contributed by atoms with van der Waals surface area (Å²) >= 11 is 0. The van der Waals surface area contributed by atoms with Gasteiger partial charge in [-0.05, 0) is 13.0 Å². The number of allylic oxidation sites excluding steroid dienone is 3. The number of rotatable bonds is 3. The molecule has 0 bridgehead atoms. The van der Waals surface area contributed by atoms with Crippen molar-refractivity contribution >= 4 is 0 Å². The summed E-state index contributed by atoms with van der Waals surface area (Å²) in [6.07, 6.45) is 5.06. The van der Waals surface area contributed by atoms with Crippen LogP contribution in [0.4, 0.5) is 0 Å². The van der Waals surface area contributed by atoms with Gasteiger partial charge in [-0.1, -0.05) is 58.9 Å². The summed E-state index contributed by atoms with van der Waals surface area (Å²) < 4.78 is 0. The quantitative estimate of drug-likeness (QED) is 0.665. The molecule has 14 heavy (non-hydrogen) atoms. The zero-order valence-corrected chi connectivity index (χ0v) is 10.8.